The minimum Gasteiger partial charge on any atom is -0.462 e. The predicted molar refractivity (Wildman–Crippen MR) is 79.0 cm³/mol. The Kier molecular flexibility index (Phi) is 10.4. The van der Waals surface area contributed by atoms with Gasteiger partial charge in [-0.2, -0.15) is 0 Å². The number of rotatable bonds is 14. The highest BCUT2D eigenvalue weighted by Crippen LogP contribution is 2.31. The van der Waals surface area contributed by atoms with Gasteiger partial charge in [-0.3, -0.25) is 4.79 Å². The lowest BCUT2D eigenvalue weighted by Gasteiger charge is -2.10. The monoisotopic (exact) mass is 303 g/mol. The Morgan fingerprint density at radius 2 is 1.52 bits per heavy atom. The highest BCUT2D eigenvalue weighted by atomic mass is 16.6. The maximum atomic E-state index is 11.5. The van der Waals surface area contributed by atoms with Gasteiger partial charge in [-0.1, -0.05) is 13.3 Å². The number of esters is 1. The maximum Gasteiger partial charge on any atom is 0.323 e. The van der Waals surface area contributed by atoms with E-state index in [4.69, 9.17) is 24.7 Å². The summed E-state index contributed by atoms with van der Waals surface area (Å²) in [6.07, 6.45) is 4.30. The van der Waals surface area contributed by atoms with Crippen molar-refractivity contribution < 1.29 is 23.7 Å². The third-order valence-corrected chi connectivity index (χ3v) is 3.26. The minimum atomic E-state index is -0.457. The summed E-state index contributed by atoms with van der Waals surface area (Å²) in [5.41, 5.74) is 5.71. The van der Waals surface area contributed by atoms with Crippen LogP contribution in [-0.4, -0.2) is 58.3 Å². The van der Waals surface area contributed by atoms with Crippen LogP contribution in [0.15, 0.2) is 0 Å². The van der Waals surface area contributed by atoms with Crippen molar-refractivity contribution in [3.05, 3.63) is 0 Å². The molecular weight excluding hydrogens is 274 g/mol. The lowest BCUT2D eigenvalue weighted by atomic mass is 10.2. The average molecular weight is 303 g/mol. The Morgan fingerprint density at radius 1 is 1.00 bits per heavy atom. The summed E-state index contributed by atoms with van der Waals surface area (Å²) < 4.78 is 21.0. The molecule has 124 valence electrons. The Hall–Kier alpha value is -0.690. The van der Waals surface area contributed by atoms with E-state index < -0.39 is 6.04 Å². The molecule has 0 amide bonds. The van der Waals surface area contributed by atoms with Gasteiger partial charge in [0.05, 0.1) is 33.0 Å². The van der Waals surface area contributed by atoms with Crippen LogP contribution in [0, 0.1) is 5.92 Å². The van der Waals surface area contributed by atoms with Crippen LogP contribution < -0.4 is 5.73 Å². The zero-order valence-corrected chi connectivity index (χ0v) is 13.1. The largest absolute Gasteiger partial charge is 0.462 e. The normalized spacial score (nSPS) is 15.9. The van der Waals surface area contributed by atoms with E-state index in [1.807, 2.05) is 0 Å². The standard InChI is InChI=1S/C15H29NO5/c1-2-3-6-18-7-8-19-9-10-20-11-12-21-15(17)14(16)13-4-5-13/h13-14H,2-12,16H2,1H3. The van der Waals surface area contributed by atoms with E-state index in [1.165, 1.54) is 0 Å². The first kappa shape index (κ1) is 18.4. The van der Waals surface area contributed by atoms with Crippen LogP contribution in [0.1, 0.15) is 32.6 Å². The molecule has 6 heteroatoms. The second-order valence-electron chi connectivity index (χ2n) is 5.22. The van der Waals surface area contributed by atoms with Crippen LogP contribution in [0.25, 0.3) is 0 Å². The first-order valence-corrected chi connectivity index (χ1v) is 7.91. The molecule has 0 aromatic rings. The lowest BCUT2D eigenvalue weighted by molar-refractivity contribution is -0.147. The van der Waals surface area contributed by atoms with E-state index in [2.05, 4.69) is 6.92 Å². The summed E-state index contributed by atoms with van der Waals surface area (Å²) in [4.78, 5) is 11.5. The molecule has 1 saturated carbocycles. The molecule has 0 spiro atoms. The van der Waals surface area contributed by atoms with Gasteiger partial charge in [0, 0.05) is 6.61 Å². The number of carbonyl (C=O) groups excluding carboxylic acids is 1. The fourth-order valence-corrected chi connectivity index (χ4v) is 1.73. The molecule has 0 aromatic heterocycles. The molecule has 0 aliphatic heterocycles. The molecule has 0 heterocycles. The highest BCUT2D eigenvalue weighted by Gasteiger charge is 2.34. The molecule has 1 atom stereocenters. The molecule has 1 aliphatic carbocycles. The van der Waals surface area contributed by atoms with Crippen LogP contribution >= 0.6 is 0 Å². The van der Waals surface area contributed by atoms with E-state index >= 15 is 0 Å². The van der Waals surface area contributed by atoms with Crippen LogP contribution in [0.3, 0.4) is 0 Å². The van der Waals surface area contributed by atoms with Crippen LogP contribution in [0.4, 0.5) is 0 Å². The zero-order valence-electron chi connectivity index (χ0n) is 13.1. The molecule has 0 bridgehead atoms. The molecule has 1 unspecified atom stereocenters. The van der Waals surface area contributed by atoms with Crippen molar-refractivity contribution >= 4 is 5.97 Å². The molecule has 0 aromatic carbocycles. The lowest BCUT2D eigenvalue weighted by Crippen LogP contribution is -2.34. The number of nitrogens with two attached hydrogens (primary N) is 1. The molecule has 1 rings (SSSR count). The number of hydrogen-bond donors (Lipinski definition) is 1. The van der Waals surface area contributed by atoms with Crippen molar-refractivity contribution in [2.45, 2.75) is 38.6 Å². The summed E-state index contributed by atoms with van der Waals surface area (Å²) >= 11 is 0. The molecule has 0 radical (unpaired) electrons. The zero-order chi connectivity index (χ0) is 15.3. The summed E-state index contributed by atoms with van der Waals surface area (Å²) in [5, 5.41) is 0. The van der Waals surface area contributed by atoms with Crippen LogP contribution in [-0.2, 0) is 23.7 Å². The van der Waals surface area contributed by atoms with E-state index in [1.54, 1.807) is 0 Å². The van der Waals surface area contributed by atoms with E-state index in [0.717, 1.165) is 32.3 Å². The van der Waals surface area contributed by atoms with Crippen molar-refractivity contribution in [3.63, 3.8) is 0 Å². The molecule has 6 nitrogen and oxygen atoms in total. The van der Waals surface area contributed by atoms with Crippen molar-refractivity contribution in [1.82, 2.24) is 0 Å². The molecule has 21 heavy (non-hydrogen) atoms. The maximum absolute atomic E-state index is 11.5. The quantitative estimate of drug-likeness (QED) is 0.382. The molecule has 0 saturated heterocycles. The molecule has 1 fully saturated rings. The third-order valence-electron chi connectivity index (χ3n) is 3.26. The van der Waals surface area contributed by atoms with E-state index in [-0.39, 0.29) is 12.6 Å². The SMILES string of the molecule is CCCCOCCOCCOCCOC(=O)C(N)C1CC1. The van der Waals surface area contributed by atoms with Gasteiger partial charge in [-0.25, -0.2) is 0 Å². The number of unbranched alkanes of at least 4 members (excludes halogenated alkanes) is 1. The fourth-order valence-electron chi connectivity index (χ4n) is 1.73. The summed E-state index contributed by atoms with van der Waals surface area (Å²) in [6, 6.07) is -0.457. The Bertz CT molecular complexity index is 271. The van der Waals surface area contributed by atoms with Gasteiger partial charge in [-0.15, -0.1) is 0 Å². The number of ether oxygens (including phenoxy) is 4. The van der Waals surface area contributed by atoms with E-state index in [0.29, 0.717) is 39.0 Å². The predicted octanol–water partition coefficient (Wildman–Crippen LogP) is 1.12. The van der Waals surface area contributed by atoms with Crippen molar-refractivity contribution in [2.75, 3.05) is 46.2 Å². The third kappa shape index (κ3) is 9.79. The van der Waals surface area contributed by atoms with Gasteiger partial charge in [-0.05, 0) is 25.2 Å². The first-order valence-electron chi connectivity index (χ1n) is 7.91. The smallest absolute Gasteiger partial charge is 0.323 e. The van der Waals surface area contributed by atoms with Crippen molar-refractivity contribution in [2.24, 2.45) is 11.7 Å². The second kappa shape index (κ2) is 11.9. The van der Waals surface area contributed by atoms with Gasteiger partial charge in [0.25, 0.3) is 0 Å². The Morgan fingerprint density at radius 3 is 2.05 bits per heavy atom. The highest BCUT2D eigenvalue weighted by molar-refractivity contribution is 5.76. The molecular formula is C15H29NO5. The summed E-state index contributed by atoms with van der Waals surface area (Å²) in [5.74, 6) is 0.00735. The van der Waals surface area contributed by atoms with Gasteiger partial charge in [0.1, 0.15) is 12.6 Å². The van der Waals surface area contributed by atoms with Crippen LogP contribution in [0.5, 0.6) is 0 Å². The van der Waals surface area contributed by atoms with Crippen LogP contribution in [0.2, 0.25) is 0 Å². The summed E-state index contributed by atoms with van der Waals surface area (Å²) in [6.45, 7) is 5.76. The Labute approximate surface area is 127 Å². The van der Waals surface area contributed by atoms with Gasteiger partial charge in [0.2, 0.25) is 0 Å². The van der Waals surface area contributed by atoms with Gasteiger partial charge < -0.3 is 24.7 Å². The first-order chi connectivity index (χ1) is 10.3. The average Bonchev–Trinajstić information content (AvgIpc) is 3.32. The summed E-state index contributed by atoms with van der Waals surface area (Å²) in [7, 11) is 0. The number of hydrogen-bond acceptors (Lipinski definition) is 6. The Balaban J connectivity index is 1.75. The topological polar surface area (TPSA) is 80.0 Å². The minimum absolute atomic E-state index is 0.249. The van der Waals surface area contributed by atoms with Gasteiger partial charge in [0.15, 0.2) is 0 Å². The molecule has 2 N–H and O–H groups in total. The van der Waals surface area contributed by atoms with Gasteiger partial charge >= 0.3 is 5.97 Å². The number of carbonyl (C=O) groups is 1. The van der Waals surface area contributed by atoms with Crippen molar-refractivity contribution in [3.8, 4) is 0 Å². The molecule has 1 aliphatic rings. The van der Waals surface area contributed by atoms with E-state index in [9.17, 15) is 4.79 Å². The second-order valence-corrected chi connectivity index (χ2v) is 5.22. The fraction of sp³-hybridized carbons (Fsp3) is 0.933. The van der Waals surface area contributed by atoms with Crippen molar-refractivity contribution in [1.29, 1.82) is 0 Å².